The number of nitrogens with zero attached hydrogens (tertiary/aromatic N) is 1. The zero-order valence-corrected chi connectivity index (χ0v) is 17.7. The number of ether oxygens (including phenoxy) is 6. The van der Waals surface area contributed by atoms with Crippen LogP contribution < -0.4 is 23.7 Å². The van der Waals surface area contributed by atoms with Crippen molar-refractivity contribution in [1.29, 1.82) is 0 Å². The van der Waals surface area contributed by atoms with Crippen molar-refractivity contribution in [3.63, 3.8) is 0 Å². The molecule has 9 nitrogen and oxygen atoms in total. The lowest BCUT2D eigenvalue weighted by Crippen LogP contribution is -2.27. The van der Waals surface area contributed by atoms with Gasteiger partial charge in [-0.05, 0) is 18.2 Å². The predicted octanol–water partition coefficient (Wildman–Crippen LogP) is 3.14. The summed E-state index contributed by atoms with van der Waals surface area (Å²) in [5, 5.41) is 4.27. The van der Waals surface area contributed by atoms with Crippen molar-refractivity contribution in [1.82, 2.24) is 0 Å². The first-order chi connectivity index (χ1) is 15.1. The molecule has 0 saturated carbocycles. The summed E-state index contributed by atoms with van der Waals surface area (Å²) in [6, 6.07) is 6.95. The molecule has 2 aromatic carbocycles. The fraction of sp³-hybridized carbons (Fsp3) is 0.364. The van der Waals surface area contributed by atoms with Crippen LogP contribution >= 0.6 is 0 Å². The van der Waals surface area contributed by atoms with Gasteiger partial charge in [0.25, 0.3) is 0 Å². The normalized spacial score (nSPS) is 18.0. The lowest BCUT2D eigenvalue weighted by Gasteiger charge is -2.27. The van der Waals surface area contributed by atoms with E-state index in [1.54, 1.807) is 25.3 Å². The van der Waals surface area contributed by atoms with Gasteiger partial charge in [0.1, 0.15) is 12.9 Å². The molecule has 0 bridgehead atoms. The predicted molar refractivity (Wildman–Crippen MR) is 110 cm³/mol. The average Bonchev–Trinajstić information content (AvgIpc) is 3.25. The highest BCUT2D eigenvalue weighted by Gasteiger charge is 2.36. The average molecular weight is 429 g/mol. The summed E-state index contributed by atoms with van der Waals surface area (Å²) < 4.78 is 32.6. The summed E-state index contributed by atoms with van der Waals surface area (Å²) in [5.74, 6) is 2.13. The second-order valence-electron chi connectivity index (χ2n) is 6.89. The van der Waals surface area contributed by atoms with Crippen molar-refractivity contribution in [2.75, 3.05) is 42.0 Å². The minimum absolute atomic E-state index is 0.0272. The van der Waals surface area contributed by atoms with Gasteiger partial charge >= 0.3 is 0 Å². The molecule has 0 amide bonds. The van der Waals surface area contributed by atoms with E-state index in [4.69, 9.17) is 33.3 Å². The summed E-state index contributed by atoms with van der Waals surface area (Å²) in [6.07, 6.45) is 0.168. The van der Waals surface area contributed by atoms with Crippen LogP contribution in [0.5, 0.6) is 28.7 Å². The number of ketones is 1. The van der Waals surface area contributed by atoms with Crippen LogP contribution in [0.1, 0.15) is 33.8 Å². The zero-order valence-electron chi connectivity index (χ0n) is 17.7. The molecule has 4 rings (SSSR count). The van der Waals surface area contributed by atoms with Gasteiger partial charge in [0.2, 0.25) is 6.79 Å². The fourth-order valence-corrected chi connectivity index (χ4v) is 3.83. The van der Waals surface area contributed by atoms with E-state index in [0.717, 1.165) is 5.56 Å². The summed E-state index contributed by atoms with van der Waals surface area (Å²) in [6.45, 7) is 0.161. The number of carbonyl (C=O) groups is 1. The van der Waals surface area contributed by atoms with Crippen LogP contribution in [0.25, 0.3) is 0 Å². The van der Waals surface area contributed by atoms with Gasteiger partial charge in [0.15, 0.2) is 35.6 Å². The van der Waals surface area contributed by atoms with Gasteiger partial charge < -0.3 is 33.3 Å². The number of hydrogen-bond donors (Lipinski definition) is 0. The lowest BCUT2D eigenvalue weighted by molar-refractivity contribution is 0.0490. The Morgan fingerprint density at radius 1 is 0.935 bits per heavy atom. The summed E-state index contributed by atoms with van der Waals surface area (Å²) in [5.41, 5.74) is 2.40. The molecule has 0 saturated heterocycles. The molecule has 1 aliphatic carbocycles. The third-order valence-corrected chi connectivity index (χ3v) is 5.22. The second kappa shape index (κ2) is 8.73. The molecule has 0 radical (unpaired) electrons. The molecule has 2 aromatic rings. The number of fused-ring (bicyclic) bond motifs is 2. The minimum Gasteiger partial charge on any atom is -0.496 e. The number of oxime groups is 1. The van der Waals surface area contributed by atoms with E-state index in [1.165, 1.54) is 21.3 Å². The van der Waals surface area contributed by atoms with E-state index >= 15 is 0 Å². The van der Waals surface area contributed by atoms with Crippen molar-refractivity contribution in [3.05, 3.63) is 41.0 Å². The van der Waals surface area contributed by atoms with Gasteiger partial charge in [-0.2, -0.15) is 0 Å². The van der Waals surface area contributed by atoms with Crippen LogP contribution in [0.2, 0.25) is 0 Å². The molecule has 9 heteroatoms. The second-order valence-corrected chi connectivity index (χ2v) is 6.89. The quantitative estimate of drug-likeness (QED) is 0.490. The maximum Gasteiger partial charge on any atom is 0.231 e. The van der Waals surface area contributed by atoms with Gasteiger partial charge in [-0.3, -0.25) is 4.79 Å². The first-order valence-electron chi connectivity index (χ1n) is 9.57. The number of methoxy groups -OCH3 is 3. The number of carbonyl (C=O) groups excluding carboxylic acids is 1. The van der Waals surface area contributed by atoms with Crippen LogP contribution in [0, 0.1) is 0 Å². The molecule has 31 heavy (non-hydrogen) atoms. The minimum atomic E-state index is -0.417. The van der Waals surface area contributed by atoms with E-state index in [9.17, 15) is 4.79 Å². The first-order valence-corrected chi connectivity index (χ1v) is 9.57. The lowest BCUT2D eigenvalue weighted by atomic mass is 9.77. The number of benzene rings is 2. The van der Waals surface area contributed by atoms with Gasteiger partial charge in [-0.15, -0.1) is 0 Å². The van der Waals surface area contributed by atoms with Crippen molar-refractivity contribution in [3.8, 4) is 28.7 Å². The van der Waals surface area contributed by atoms with Gasteiger partial charge in [0.05, 0.1) is 19.9 Å². The Balaban J connectivity index is 1.84. The van der Waals surface area contributed by atoms with Crippen LogP contribution in [-0.2, 0) is 9.57 Å². The van der Waals surface area contributed by atoms with E-state index < -0.39 is 5.92 Å². The van der Waals surface area contributed by atoms with Crippen LogP contribution in [0.3, 0.4) is 0 Å². The fourth-order valence-electron chi connectivity index (χ4n) is 3.83. The van der Waals surface area contributed by atoms with Gasteiger partial charge in [0, 0.05) is 42.2 Å². The molecule has 0 aromatic heterocycles. The first kappa shape index (κ1) is 20.8. The van der Waals surface area contributed by atoms with E-state index in [-0.39, 0.29) is 25.8 Å². The highest BCUT2D eigenvalue weighted by Crippen LogP contribution is 2.45. The summed E-state index contributed by atoms with van der Waals surface area (Å²) in [7, 11) is 6.07. The Morgan fingerprint density at radius 3 is 2.32 bits per heavy atom. The van der Waals surface area contributed by atoms with Crippen LogP contribution in [0.4, 0.5) is 0 Å². The molecule has 2 aliphatic rings. The summed E-state index contributed by atoms with van der Waals surface area (Å²) >= 11 is 0. The number of Topliss-reactive ketones (excluding diaryl/α,β-unsaturated/α-hetero) is 1. The monoisotopic (exact) mass is 429 g/mol. The molecule has 1 unspecified atom stereocenters. The molecule has 0 N–H and O–H groups in total. The van der Waals surface area contributed by atoms with Crippen LogP contribution in [0.15, 0.2) is 29.4 Å². The molecular formula is C22H23NO8. The SMILES string of the molecule is COCOc1cc2c(cc1OC)C(=NOC)C(c1cc3c(cc1OC)OCO3)CC2=O. The Morgan fingerprint density at radius 2 is 1.65 bits per heavy atom. The molecule has 1 atom stereocenters. The van der Waals surface area contributed by atoms with Crippen molar-refractivity contribution in [2.24, 2.45) is 5.16 Å². The standard InChI is InChI=1S/C22H23NO8/c1-25-10-29-19-6-12-15(8-18(19)27-3)22(23-28-4)14(5-16(12)24)13-7-20-21(31-11-30-20)9-17(13)26-2/h6-9,14H,5,10-11H2,1-4H3. The molecule has 0 fully saturated rings. The maximum atomic E-state index is 13.2. The Labute approximate surface area is 179 Å². The summed E-state index contributed by atoms with van der Waals surface area (Å²) in [4.78, 5) is 18.3. The van der Waals surface area contributed by atoms with Crippen molar-refractivity contribution < 1.29 is 38.1 Å². The molecule has 0 spiro atoms. The van der Waals surface area contributed by atoms with Gasteiger partial charge in [-0.1, -0.05) is 5.16 Å². The smallest absolute Gasteiger partial charge is 0.231 e. The Hall–Kier alpha value is -3.46. The number of hydrogen-bond acceptors (Lipinski definition) is 9. The topological polar surface area (TPSA) is 94.0 Å². The van der Waals surface area contributed by atoms with Crippen LogP contribution in [-0.4, -0.2) is 53.5 Å². The third-order valence-electron chi connectivity index (χ3n) is 5.22. The molecule has 164 valence electrons. The third kappa shape index (κ3) is 3.72. The van der Waals surface area contributed by atoms with E-state index in [2.05, 4.69) is 5.16 Å². The van der Waals surface area contributed by atoms with E-state index in [1.807, 2.05) is 6.07 Å². The number of rotatable bonds is 7. The molecule has 1 heterocycles. The maximum absolute atomic E-state index is 13.2. The largest absolute Gasteiger partial charge is 0.496 e. The van der Waals surface area contributed by atoms with E-state index in [0.29, 0.717) is 45.6 Å². The molecule has 1 aliphatic heterocycles. The zero-order chi connectivity index (χ0) is 22.0. The molecular weight excluding hydrogens is 406 g/mol. The van der Waals surface area contributed by atoms with Crippen molar-refractivity contribution in [2.45, 2.75) is 12.3 Å². The van der Waals surface area contributed by atoms with Crippen molar-refractivity contribution >= 4 is 11.5 Å². The highest BCUT2D eigenvalue weighted by molar-refractivity contribution is 6.19. The Kier molecular flexibility index (Phi) is 5.85. The van der Waals surface area contributed by atoms with Gasteiger partial charge in [-0.25, -0.2) is 0 Å². The Bertz CT molecular complexity index is 1030. The highest BCUT2D eigenvalue weighted by atomic mass is 16.7.